The quantitative estimate of drug-likeness (QED) is 0.596. The van der Waals surface area contributed by atoms with Gasteiger partial charge in [0.05, 0.1) is 18.6 Å². The van der Waals surface area contributed by atoms with Gasteiger partial charge in [0.15, 0.2) is 5.78 Å². The van der Waals surface area contributed by atoms with Gasteiger partial charge in [-0.2, -0.15) is 0 Å². The minimum absolute atomic E-state index is 0.0399. The molecule has 0 unspecified atom stereocenters. The van der Waals surface area contributed by atoms with Gasteiger partial charge in [-0.1, -0.05) is 6.07 Å². The lowest BCUT2D eigenvalue weighted by atomic mass is 9.91. The Labute approximate surface area is 179 Å². The van der Waals surface area contributed by atoms with E-state index < -0.39 is 27.1 Å². The molecule has 1 aromatic carbocycles. The van der Waals surface area contributed by atoms with E-state index in [1.54, 1.807) is 6.07 Å². The zero-order valence-electron chi connectivity index (χ0n) is 17.1. The second-order valence-corrected chi connectivity index (χ2v) is 9.33. The van der Waals surface area contributed by atoms with Crippen molar-refractivity contribution in [3.8, 4) is 5.75 Å². The molecule has 166 valence electrons. The standard InChI is InChI=1S/C20H23FN4O5S/c1-20(12-31(28,29)25(2)19(22)24-20)15-9-13(3-5-16(15)21)10-18(27)17-6-4-14(11-23-17)30-8-7-26/h3-6,9,11,26H,7-8,10,12H2,1-2H3,(H2,22,24)/t20-/m0/s1. The summed E-state index contributed by atoms with van der Waals surface area (Å²) in [5.74, 6) is -1.22. The number of nitrogens with two attached hydrogens (primary N) is 1. The average Bonchev–Trinajstić information content (AvgIpc) is 2.71. The first-order valence-corrected chi connectivity index (χ1v) is 11.0. The molecule has 1 aromatic heterocycles. The predicted molar refractivity (Wildman–Crippen MR) is 112 cm³/mol. The maximum atomic E-state index is 14.6. The number of aliphatic hydroxyl groups is 1. The van der Waals surface area contributed by atoms with E-state index in [2.05, 4.69) is 9.98 Å². The summed E-state index contributed by atoms with van der Waals surface area (Å²) in [5, 5.41) is 8.77. The summed E-state index contributed by atoms with van der Waals surface area (Å²) in [5.41, 5.74) is 5.03. The SMILES string of the molecule is CN1C(N)=N[C@](C)(c2cc(CC(=O)c3ccc(OCCO)cn3)ccc2F)CS1(=O)=O. The molecule has 0 bridgehead atoms. The third-order valence-corrected chi connectivity index (χ3v) is 6.87. The van der Waals surface area contributed by atoms with Crippen molar-refractivity contribution in [2.45, 2.75) is 18.9 Å². The van der Waals surface area contributed by atoms with Crippen molar-refractivity contribution in [1.82, 2.24) is 9.29 Å². The number of ether oxygens (including phenoxy) is 1. The summed E-state index contributed by atoms with van der Waals surface area (Å²) in [4.78, 5) is 20.9. The fourth-order valence-electron chi connectivity index (χ4n) is 3.25. The van der Waals surface area contributed by atoms with Crippen LogP contribution in [0.2, 0.25) is 0 Å². The number of benzene rings is 1. The van der Waals surface area contributed by atoms with Crippen LogP contribution in [0.5, 0.6) is 5.75 Å². The Balaban J connectivity index is 1.85. The first-order chi connectivity index (χ1) is 14.6. The van der Waals surface area contributed by atoms with Crippen molar-refractivity contribution in [2.75, 3.05) is 26.0 Å². The van der Waals surface area contributed by atoms with Gasteiger partial charge in [-0.3, -0.25) is 4.79 Å². The topological polar surface area (TPSA) is 135 Å². The van der Waals surface area contributed by atoms with Crippen LogP contribution < -0.4 is 10.5 Å². The molecule has 31 heavy (non-hydrogen) atoms. The predicted octanol–water partition coefficient (Wildman–Crippen LogP) is 0.822. The number of aliphatic imine (C=N–C) groups is 1. The molecule has 0 saturated carbocycles. The van der Waals surface area contributed by atoms with E-state index in [1.807, 2.05) is 0 Å². The van der Waals surface area contributed by atoms with Crippen molar-refractivity contribution < 1.29 is 27.4 Å². The van der Waals surface area contributed by atoms with Crippen molar-refractivity contribution in [2.24, 2.45) is 10.7 Å². The molecule has 0 saturated heterocycles. The summed E-state index contributed by atoms with van der Waals surface area (Å²) in [6, 6.07) is 7.13. The van der Waals surface area contributed by atoms with Crippen LogP contribution in [0.1, 0.15) is 28.5 Å². The van der Waals surface area contributed by atoms with Crippen LogP contribution in [-0.4, -0.2) is 60.6 Å². The summed E-state index contributed by atoms with van der Waals surface area (Å²) >= 11 is 0. The molecular formula is C20H23FN4O5S. The van der Waals surface area contributed by atoms with Gasteiger partial charge in [0, 0.05) is 19.0 Å². The summed E-state index contributed by atoms with van der Waals surface area (Å²) < 4.78 is 45.5. The van der Waals surface area contributed by atoms with Crippen molar-refractivity contribution in [3.63, 3.8) is 0 Å². The van der Waals surface area contributed by atoms with Gasteiger partial charge in [-0.25, -0.2) is 27.1 Å². The van der Waals surface area contributed by atoms with Crippen molar-refractivity contribution in [1.29, 1.82) is 0 Å². The molecule has 0 fully saturated rings. The number of rotatable bonds is 7. The first kappa shape index (κ1) is 22.6. The molecule has 3 rings (SSSR count). The largest absolute Gasteiger partial charge is 0.490 e. The maximum Gasteiger partial charge on any atom is 0.239 e. The van der Waals surface area contributed by atoms with E-state index in [0.29, 0.717) is 11.3 Å². The number of guanidine groups is 1. The Morgan fingerprint density at radius 1 is 1.35 bits per heavy atom. The molecule has 2 heterocycles. The Bertz CT molecular complexity index is 1120. The monoisotopic (exact) mass is 450 g/mol. The van der Waals surface area contributed by atoms with Crippen LogP contribution >= 0.6 is 0 Å². The van der Waals surface area contributed by atoms with Gasteiger partial charge in [0.1, 0.15) is 29.4 Å². The number of hydrogen-bond acceptors (Lipinski definition) is 8. The molecule has 0 radical (unpaired) electrons. The zero-order valence-corrected chi connectivity index (χ0v) is 17.9. The highest BCUT2D eigenvalue weighted by atomic mass is 32.2. The molecule has 1 atom stereocenters. The van der Waals surface area contributed by atoms with Crippen molar-refractivity contribution >= 4 is 21.8 Å². The highest BCUT2D eigenvalue weighted by Crippen LogP contribution is 2.34. The lowest BCUT2D eigenvalue weighted by molar-refractivity contribution is 0.0988. The van der Waals surface area contributed by atoms with E-state index >= 15 is 0 Å². The van der Waals surface area contributed by atoms with E-state index in [1.165, 1.54) is 44.4 Å². The summed E-state index contributed by atoms with van der Waals surface area (Å²) in [7, 11) is -2.48. The lowest BCUT2D eigenvalue weighted by Crippen LogP contribution is -2.50. The minimum atomic E-state index is -3.77. The summed E-state index contributed by atoms with van der Waals surface area (Å²) in [6.07, 6.45) is 1.31. The van der Waals surface area contributed by atoms with E-state index in [9.17, 15) is 17.6 Å². The Hall–Kier alpha value is -3.05. The molecule has 3 N–H and O–H groups in total. The normalized spacial score (nSPS) is 20.3. The third-order valence-electron chi connectivity index (χ3n) is 4.92. The second-order valence-electron chi connectivity index (χ2n) is 7.33. The fraction of sp³-hybridized carbons (Fsp3) is 0.350. The highest BCUT2D eigenvalue weighted by molar-refractivity contribution is 7.89. The first-order valence-electron chi connectivity index (χ1n) is 9.39. The van der Waals surface area contributed by atoms with Gasteiger partial charge in [-0.15, -0.1) is 0 Å². The number of aromatic nitrogens is 1. The minimum Gasteiger partial charge on any atom is -0.490 e. The van der Waals surface area contributed by atoms with Crippen LogP contribution in [-0.2, 0) is 22.0 Å². The smallest absolute Gasteiger partial charge is 0.239 e. The Morgan fingerprint density at radius 3 is 2.71 bits per heavy atom. The molecule has 2 aromatic rings. The van der Waals surface area contributed by atoms with Gasteiger partial charge >= 0.3 is 0 Å². The molecule has 9 nitrogen and oxygen atoms in total. The number of nitrogens with zero attached hydrogens (tertiary/aromatic N) is 3. The second kappa shape index (κ2) is 8.60. The maximum absolute atomic E-state index is 14.6. The van der Waals surface area contributed by atoms with Crippen LogP contribution in [0.15, 0.2) is 41.5 Å². The molecule has 0 amide bonds. The zero-order chi connectivity index (χ0) is 22.8. The van der Waals surface area contributed by atoms with Gasteiger partial charge in [0.25, 0.3) is 0 Å². The van der Waals surface area contributed by atoms with Gasteiger partial charge in [-0.05, 0) is 36.8 Å². The fourth-order valence-corrected chi connectivity index (χ4v) is 4.70. The van der Waals surface area contributed by atoms with Crippen LogP contribution in [0, 0.1) is 5.82 Å². The van der Waals surface area contributed by atoms with Gasteiger partial charge in [0.2, 0.25) is 16.0 Å². The van der Waals surface area contributed by atoms with E-state index in [-0.39, 0.29) is 42.6 Å². The number of sulfonamides is 1. The number of hydrogen-bond donors (Lipinski definition) is 2. The molecule has 0 spiro atoms. The Kier molecular flexibility index (Phi) is 6.27. The molecule has 11 heteroatoms. The average molecular weight is 450 g/mol. The van der Waals surface area contributed by atoms with Crippen LogP contribution in [0.4, 0.5) is 4.39 Å². The highest BCUT2D eigenvalue weighted by Gasteiger charge is 2.41. The number of carbonyl (C=O) groups excluding carboxylic acids is 1. The third kappa shape index (κ3) is 4.83. The molecule has 1 aliphatic heterocycles. The van der Waals surface area contributed by atoms with E-state index in [4.69, 9.17) is 15.6 Å². The number of aliphatic hydroxyl groups excluding tert-OH is 1. The number of Topliss-reactive ketones (excluding diaryl/α,β-unsaturated/α-hetero) is 1. The Morgan fingerprint density at radius 2 is 2.10 bits per heavy atom. The van der Waals surface area contributed by atoms with Gasteiger partial charge < -0.3 is 15.6 Å². The lowest BCUT2D eigenvalue weighted by Gasteiger charge is -2.34. The molecular weight excluding hydrogens is 427 g/mol. The molecule has 1 aliphatic rings. The number of ketones is 1. The van der Waals surface area contributed by atoms with Crippen LogP contribution in [0.3, 0.4) is 0 Å². The number of halogens is 1. The molecule has 0 aliphatic carbocycles. The van der Waals surface area contributed by atoms with Crippen LogP contribution in [0.25, 0.3) is 0 Å². The van der Waals surface area contributed by atoms with Crippen molar-refractivity contribution in [3.05, 3.63) is 59.2 Å². The number of carbonyl (C=O) groups is 1. The number of pyridine rings is 1. The van der Waals surface area contributed by atoms with E-state index in [0.717, 1.165) is 4.31 Å². The summed E-state index contributed by atoms with van der Waals surface area (Å²) in [6.45, 7) is 1.46.